The van der Waals surface area contributed by atoms with Crippen LogP contribution in [0.5, 0.6) is 5.75 Å². The summed E-state index contributed by atoms with van der Waals surface area (Å²) in [6.07, 6.45) is 0.593. The molecule has 0 fully saturated rings. The number of ether oxygens (including phenoxy) is 1. The minimum absolute atomic E-state index is 0.112. The van der Waals surface area contributed by atoms with E-state index in [0.29, 0.717) is 24.3 Å². The topological polar surface area (TPSA) is 67.4 Å². The number of hydrogen-bond donors (Lipinski definition) is 2. The standard InChI is InChI=1S/C18H19FN2O3/c1-24-16-4-2-3-14(11-16)18(23)21-12-17(22)20-10-9-13-5-7-15(19)8-6-13/h2-8,11H,9-10,12H2,1H3,(H,20,22)(H,21,23). The molecule has 0 aromatic heterocycles. The molecule has 0 aliphatic heterocycles. The number of carbonyl (C=O) groups excluding carboxylic acids is 2. The fourth-order valence-corrected chi connectivity index (χ4v) is 2.09. The zero-order valence-electron chi connectivity index (χ0n) is 13.3. The SMILES string of the molecule is COc1cccc(C(=O)NCC(=O)NCCc2ccc(F)cc2)c1. The van der Waals surface area contributed by atoms with Crippen molar-refractivity contribution in [2.24, 2.45) is 0 Å². The number of methoxy groups -OCH3 is 1. The molecule has 0 saturated heterocycles. The Hall–Kier alpha value is -2.89. The molecule has 6 heteroatoms. The maximum atomic E-state index is 12.8. The van der Waals surface area contributed by atoms with E-state index < -0.39 is 0 Å². The highest BCUT2D eigenvalue weighted by molar-refractivity contribution is 5.96. The van der Waals surface area contributed by atoms with Gasteiger partial charge in [-0.1, -0.05) is 18.2 Å². The molecule has 2 aromatic rings. The van der Waals surface area contributed by atoms with Gasteiger partial charge >= 0.3 is 0 Å². The Kier molecular flexibility index (Phi) is 6.31. The summed E-state index contributed by atoms with van der Waals surface area (Å²) in [6, 6.07) is 12.8. The molecular formula is C18H19FN2O3. The summed E-state index contributed by atoms with van der Waals surface area (Å²) in [5.74, 6) is -0.342. The van der Waals surface area contributed by atoms with E-state index in [2.05, 4.69) is 10.6 Å². The van der Waals surface area contributed by atoms with Gasteiger partial charge in [-0.2, -0.15) is 0 Å². The summed E-state index contributed by atoms with van der Waals surface area (Å²) >= 11 is 0. The van der Waals surface area contributed by atoms with Crippen molar-refractivity contribution in [2.75, 3.05) is 20.2 Å². The molecule has 0 aliphatic rings. The highest BCUT2D eigenvalue weighted by Gasteiger charge is 2.08. The van der Waals surface area contributed by atoms with Gasteiger partial charge in [0.05, 0.1) is 13.7 Å². The number of nitrogens with one attached hydrogen (secondary N) is 2. The van der Waals surface area contributed by atoms with Crippen molar-refractivity contribution in [3.8, 4) is 5.75 Å². The van der Waals surface area contributed by atoms with E-state index in [1.54, 1.807) is 36.4 Å². The summed E-state index contributed by atoms with van der Waals surface area (Å²) in [7, 11) is 1.52. The van der Waals surface area contributed by atoms with Gasteiger partial charge in [0.1, 0.15) is 11.6 Å². The van der Waals surface area contributed by atoms with Gasteiger partial charge in [-0.05, 0) is 42.3 Å². The predicted octanol–water partition coefficient (Wildman–Crippen LogP) is 1.92. The zero-order valence-corrected chi connectivity index (χ0v) is 13.3. The third kappa shape index (κ3) is 5.39. The number of amides is 2. The van der Waals surface area contributed by atoms with E-state index in [4.69, 9.17) is 4.74 Å². The van der Waals surface area contributed by atoms with Crippen LogP contribution in [0.2, 0.25) is 0 Å². The molecule has 0 atom stereocenters. The first-order chi connectivity index (χ1) is 11.6. The predicted molar refractivity (Wildman–Crippen MR) is 88.4 cm³/mol. The van der Waals surface area contributed by atoms with Crippen molar-refractivity contribution in [2.45, 2.75) is 6.42 Å². The molecule has 0 heterocycles. The van der Waals surface area contributed by atoms with E-state index in [1.807, 2.05) is 0 Å². The second-order valence-electron chi connectivity index (χ2n) is 5.14. The highest BCUT2D eigenvalue weighted by Crippen LogP contribution is 2.12. The zero-order chi connectivity index (χ0) is 17.4. The Bertz CT molecular complexity index is 702. The molecule has 0 aliphatic carbocycles. The molecule has 24 heavy (non-hydrogen) atoms. The lowest BCUT2D eigenvalue weighted by atomic mass is 10.1. The summed E-state index contributed by atoms with van der Waals surface area (Å²) in [4.78, 5) is 23.7. The molecule has 126 valence electrons. The van der Waals surface area contributed by atoms with Crippen LogP contribution in [0.4, 0.5) is 4.39 Å². The molecule has 0 bridgehead atoms. The lowest BCUT2D eigenvalue weighted by Gasteiger charge is -2.08. The van der Waals surface area contributed by atoms with Crippen molar-refractivity contribution in [1.82, 2.24) is 10.6 Å². The van der Waals surface area contributed by atoms with Gasteiger partial charge in [0.25, 0.3) is 5.91 Å². The Labute approximate surface area is 139 Å². The molecule has 0 saturated carbocycles. The summed E-state index contributed by atoms with van der Waals surface area (Å²) in [5.41, 5.74) is 1.35. The first-order valence-corrected chi connectivity index (χ1v) is 7.52. The van der Waals surface area contributed by atoms with Gasteiger partial charge in [-0.15, -0.1) is 0 Å². The Balaban J connectivity index is 1.72. The number of benzene rings is 2. The molecule has 0 unspecified atom stereocenters. The van der Waals surface area contributed by atoms with Crippen LogP contribution in [-0.4, -0.2) is 32.0 Å². The van der Waals surface area contributed by atoms with E-state index in [9.17, 15) is 14.0 Å². The number of carbonyl (C=O) groups is 2. The fourth-order valence-electron chi connectivity index (χ4n) is 2.09. The average Bonchev–Trinajstić information content (AvgIpc) is 2.61. The van der Waals surface area contributed by atoms with Crippen LogP contribution >= 0.6 is 0 Å². The minimum atomic E-state index is -0.345. The van der Waals surface area contributed by atoms with Crippen LogP contribution < -0.4 is 15.4 Å². The first kappa shape index (κ1) is 17.5. The van der Waals surface area contributed by atoms with Crippen LogP contribution in [0.1, 0.15) is 15.9 Å². The molecule has 0 spiro atoms. The normalized spacial score (nSPS) is 10.1. The molecule has 0 radical (unpaired) electrons. The van der Waals surface area contributed by atoms with Gasteiger partial charge in [-0.3, -0.25) is 9.59 Å². The van der Waals surface area contributed by atoms with Crippen LogP contribution in [0, 0.1) is 5.82 Å². The first-order valence-electron chi connectivity index (χ1n) is 7.52. The molecule has 2 rings (SSSR count). The molecule has 2 aromatic carbocycles. The van der Waals surface area contributed by atoms with Crippen molar-refractivity contribution >= 4 is 11.8 Å². The maximum Gasteiger partial charge on any atom is 0.251 e. The number of hydrogen-bond acceptors (Lipinski definition) is 3. The van der Waals surface area contributed by atoms with E-state index in [-0.39, 0.29) is 24.2 Å². The van der Waals surface area contributed by atoms with Crippen LogP contribution in [0.25, 0.3) is 0 Å². The lowest BCUT2D eigenvalue weighted by Crippen LogP contribution is -2.37. The Morgan fingerprint density at radius 2 is 1.83 bits per heavy atom. The van der Waals surface area contributed by atoms with Crippen molar-refractivity contribution in [3.05, 3.63) is 65.5 Å². The second-order valence-corrected chi connectivity index (χ2v) is 5.14. The van der Waals surface area contributed by atoms with Crippen molar-refractivity contribution < 1.29 is 18.7 Å². The van der Waals surface area contributed by atoms with Crippen molar-refractivity contribution in [3.63, 3.8) is 0 Å². The maximum absolute atomic E-state index is 12.8. The average molecular weight is 330 g/mol. The fraction of sp³-hybridized carbons (Fsp3) is 0.222. The highest BCUT2D eigenvalue weighted by atomic mass is 19.1. The monoisotopic (exact) mass is 330 g/mol. The molecule has 2 N–H and O–H groups in total. The van der Waals surface area contributed by atoms with Gasteiger partial charge in [0.15, 0.2) is 0 Å². The molecule has 2 amide bonds. The quantitative estimate of drug-likeness (QED) is 0.815. The third-order valence-electron chi connectivity index (χ3n) is 3.39. The van der Waals surface area contributed by atoms with Gasteiger partial charge in [0, 0.05) is 12.1 Å². The smallest absolute Gasteiger partial charge is 0.251 e. The van der Waals surface area contributed by atoms with Crippen LogP contribution in [0.15, 0.2) is 48.5 Å². The Morgan fingerprint density at radius 3 is 2.54 bits per heavy atom. The summed E-state index contributed by atoms with van der Waals surface area (Å²) < 4.78 is 17.8. The van der Waals surface area contributed by atoms with Crippen LogP contribution in [-0.2, 0) is 11.2 Å². The summed E-state index contributed by atoms with van der Waals surface area (Å²) in [6.45, 7) is 0.305. The van der Waals surface area contributed by atoms with Crippen LogP contribution in [0.3, 0.4) is 0 Å². The molecule has 5 nitrogen and oxygen atoms in total. The number of rotatable bonds is 7. The summed E-state index contributed by atoms with van der Waals surface area (Å²) in [5, 5.41) is 5.25. The number of halogens is 1. The van der Waals surface area contributed by atoms with E-state index in [1.165, 1.54) is 19.2 Å². The largest absolute Gasteiger partial charge is 0.497 e. The van der Waals surface area contributed by atoms with Gasteiger partial charge in [0.2, 0.25) is 5.91 Å². The Morgan fingerprint density at radius 1 is 1.08 bits per heavy atom. The van der Waals surface area contributed by atoms with Gasteiger partial charge in [-0.25, -0.2) is 4.39 Å². The van der Waals surface area contributed by atoms with Gasteiger partial charge < -0.3 is 15.4 Å². The van der Waals surface area contributed by atoms with Crippen molar-refractivity contribution in [1.29, 1.82) is 0 Å². The minimum Gasteiger partial charge on any atom is -0.497 e. The van der Waals surface area contributed by atoms with E-state index in [0.717, 1.165) is 5.56 Å². The second kappa shape index (κ2) is 8.67. The molecular weight excluding hydrogens is 311 g/mol. The van der Waals surface area contributed by atoms with E-state index >= 15 is 0 Å². The lowest BCUT2D eigenvalue weighted by molar-refractivity contribution is -0.120. The third-order valence-corrected chi connectivity index (χ3v) is 3.39.